The van der Waals surface area contributed by atoms with Crippen LogP contribution in [0.25, 0.3) is 0 Å². The Morgan fingerprint density at radius 1 is 1.47 bits per heavy atom. The number of hydrazine groups is 1. The molecule has 0 aliphatic rings. The van der Waals surface area contributed by atoms with E-state index < -0.39 is 6.09 Å². The molecule has 0 aliphatic carbocycles. The van der Waals surface area contributed by atoms with Crippen molar-refractivity contribution in [1.82, 2.24) is 10.9 Å². The van der Waals surface area contributed by atoms with Crippen molar-refractivity contribution in [2.75, 3.05) is 6.61 Å². The maximum Gasteiger partial charge on any atom is 0.421 e. The molecule has 0 aliphatic heterocycles. The lowest BCUT2D eigenvalue weighted by molar-refractivity contribution is 0.147. The summed E-state index contributed by atoms with van der Waals surface area (Å²) in [6, 6.07) is 6.88. The van der Waals surface area contributed by atoms with E-state index in [0.29, 0.717) is 18.7 Å². The monoisotopic (exact) mass is 210 g/mol. The predicted molar refractivity (Wildman–Crippen MR) is 55.1 cm³/mol. The van der Waals surface area contributed by atoms with Gasteiger partial charge in [-0.3, -0.25) is 5.43 Å². The number of amides is 1. The van der Waals surface area contributed by atoms with E-state index in [1.165, 1.54) is 0 Å². The van der Waals surface area contributed by atoms with Crippen LogP contribution in [0.3, 0.4) is 0 Å². The quantitative estimate of drug-likeness (QED) is 0.652. The Labute approximate surface area is 88.0 Å². The summed E-state index contributed by atoms with van der Waals surface area (Å²) in [4.78, 5) is 10.9. The second-order valence-electron chi connectivity index (χ2n) is 2.83. The second-order valence-corrected chi connectivity index (χ2v) is 2.83. The molecule has 1 aromatic rings. The molecular formula is C10H14N2O3. The van der Waals surface area contributed by atoms with Gasteiger partial charge in [0.2, 0.25) is 0 Å². The van der Waals surface area contributed by atoms with Crippen molar-refractivity contribution >= 4 is 6.09 Å². The number of phenols is 1. The third kappa shape index (κ3) is 3.86. The number of hydrogen-bond acceptors (Lipinski definition) is 4. The number of nitrogens with one attached hydrogen (secondary N) is 2. The highest BCUT2D eigenvalue weighted by molar-refractivity contribution is 5.66. The van der Waals surface area contributed by atoms with Gasteiger partial charge in [-0.05, 0) is 13.0 Å². The molecule has 5 heteroatoms. The van der Waals surface area contributed by atoms with Crippen LogP contribution in [0.4, 0.5) is 4.79 Å². The Morgan fingerprint density at radius 3 is 2.87 bits per heavy atom. The fraction of sp³-hybridized carbons (Fsp3) is 0.300. The lowest BCUT2D eigenvalue weighted by Crippen LogP contribution is -2.37. The number of carbonyl (C=O) groups is 1. The fourth-order valence-electron chi connectivity index (χ4n) is 1.04. The van der Waals surface area contributed by atoms with Gasteiger partial charge < -0.3 is 9.84 Å². The average molecular weight is 210 g/mol. The second kappa shape index (κ2) is 5.87. The third-order valence-electron chi connectivity index (χ3n) is 1.74. The van der Waals surface area contributed by atoms with Crippen molar-refractivity contribution < 1.29 is 14.6 Å². The molecule has 15 heavy (non-hydrogen) atoms. The van der Waals surface area contributed by atoms with Gasteiger partial charge in [-0.1, -0.05) is 18.2 Å². The van der Waals surface area contributed by atoms with Crippen LogP contribution in [-0.4, -0.2) is 17.8 Å². The number of benzene rings is 1. The van der Waals surface area contributed by atoms with Gasteiger partial charge >= 0.3 is 6.09 Å². The normalized spacial score (nSPS) is 9.67. The van der Waals surface area contributed by atoms with Gasteiger partial charge in [-0.15, -0.1) is 0 Å². The van der Waals surface area contributed by atoms with Crippen molar-refractivity contribution in [2.24, 2.45) is 0 Å². The molecule has 0 radical (unpaired) electrons. The molecule has 1 rings (SSSR count). The average Bonchev–Trinajstić information content (AvgIpc) is 2.21. The van der Waals surface area contributed by atoms with Crippen LogP contribution in [0.1, 0.15) is 12.5 Å². The summed E-state index contributed by atoms with van der Waals surface area (Å²) in [5.41, 5.74) is 5.68. The van der Waals surface area contributed by atoms with Crippen molar-refractivity contribution in [3.63, 3.8) is 0 Å². The molecule has 0 saturated carbocycles. The molecule has 0 heterocycles. The van der Waals surface area contributed by atoms with Crippen LogP contribution in [0.5, 0.6) is 5.75 Å². The fourth-order valence-corrected chi connectivity index (χ4v) is 1.04. The van der Waals surface area contributed by atoms with Crippen LogP contribution in [-0.2, 0) is 11.3 Å². The van der Waals surface area contributed by atoms with Gasteiger partial charge in [0, 0.05) is 12.1 Å². The molecule has 3 N–H and O–H groups in total. The van der Waals surface area contributed by atoms with Crippen molar-refractivity contribution in [1.29, 1.82) is 0 Å². The van der Waals surface area contributed by atoms with Gasteiger partial charge in [0.1, 0.15) is 5.75 Å². The van der Waals surface area contributed by atoms with Crippen LogP contribution in [0, 0.1) is 0 Å². The van der Waals surface area contributed by atoms with E-state index in [4.69, 9.17) is 0 Å². The summed E-state index contributed by atoms with van der Waals surface area (Å²) in [6.45, 7) is 2.39. The summed E-state index contributed by atoms with van der Waals surface area (Å²) in [5, 5.41) is 9.40. The standard InChI is InChI=1S/C10H14N2O3/c1-2-15-10(14)12-11-7-8-5-3-4-6-9(8)13/h3-6,11,13H,2,7H2,1H3,(H,12,14). The topological polar surface area (TPSA) is 70.6 Å². The largest absolute Gasteiger partial charge is 0.508 e. The number of ether oxygens (including phenoxy) is 1. The van der Waals surface area contributed by atoms with Crippen LogP contribution >= 0.6 is 0 Å². The molecule has 1 aromatic carbocycles. The highest BCUT2D eigenvalue weighted by Crippen LogP contribution is 2.14. The summed E-state index contributed by atoms with van der Waals surface area (Å²) in [7, 11) is 0. The lowest BCUT2D eigenvalue weighted by atomic mass is 10.2. The first kappa shape index (κ1) is 11.3. The number of para-hydroxylation sites is 1. The van der Waals surface area contributed by atoms with Gasteiger partial charge in [0.25, 0.3) is 0 Å². The number of hydrogen-bond donors (Lipinski definition) is 3. The van der Waals surface area contributed by atoms with E-state index in [-0.39, 0.29) is 5.75 Å². The van der Waals surface area contributed by atoms with E-state index in [1.807, 2.05) is 0 Å². The highest BCUT2D eigenvalue weighted by atomic mass is 16.5. The van der Waals surface area contributed by atoms with Crippen molar-refractivity contribution in [3.8, 4) is 5.75 Å². The van der Waals surface area contributed by atoms with E-state index in [9.17, 15) is 9.90 Å². The first-order valence-electron chi connectivity index (χ1n) is 4.66. The van der Waals surface area contributed by atoms with E-state index in [2.05, 4.69) is 15.6 Å². The van der Waals surface area contributed by atoms with E-state index in [1.54, 1.807) is 31.2 Å². The molecule has 82 valence electrons. The molecular weight excluding hydrogens is 196 g/mol. The first-order valence-corrected chi connectivity index (χ1v) is 4.66. The van der Waals surface area contributed by atoms with Crippen LogP contribution in [0.15, 0.2) is 24.3 Å². The van der Waals surface area contributed by atoms with E-state index >= 15 is 0 Å². The van der Waals surface area contributed by atoms with Gasteiger partial charge in [-0.2, -0.15) is 0 Å². The van der Waals surface area contributed by atoms with Crippen molar-refractivity contribution in [3.05, 3.63) is 29.8 Å². The Kier molecular flexibility index (Phi) is 4.43. The summed E-state index contributed by atoms with van der Waals surface area (Å²) >= 11 is 0. The molecule has 0 atom stereocenters. The zero-order chi connectivity index (χ0) is 11.1. The predicted octanol–water partition coefficient (Wildman–Crippen LogP) is 1.14. The number of aromatic hydroxyl groups is 1. The Morgan fingerprint density at radius 2 is 2.20 bits per heavy atom. The summed E-state index contributed by atoms with van der Waals surface area (Å²) < 4.78 is 4.64. The minimum atomic E-state index is -0.534. The summed E-state index contributed by atoms with van der Waals surface area (Å²) in [5.74, 6) is 0.190. The SMILES string of the molecule is CCOC(=O)NNCc1ccccc1O. The molecule has 0 aromatic heterocycles. The first-order chi connectivity index (χ1) is 7.24. The van der Waals surface area contributed by atoms with Crippen LogP contribution in [0.2, 0.25) is 0 Å². The minimum absolute atomic E-state index is 0.190. The molecule has 0 unspecified atom stereocenters. The highest BCUT2D eigenvalue weighted by Gasteiger charge is 2.01. The number of carbonyl (C=O) groups excluding carboxylic acids is 1. The Balaban J connectivity index is 2.32. The van der Waals surface area contributed by atoms with Crippen molar-refractivity contribution in [2.45, 2.75) is 13.5 Å². The van der Waals surface area contributed by atoms with Gasteiger partial charge in [-0.25, -0.2) is 10.2 Å². The van der Waals surface area contributed by atoms with Crippen LogP contribution < -0.4 is 10.9 Å². The maximum atomic E-state index is 10.9. The Bertz CT molecular complexity index is 328. The molecule has 1 amide bonds. The summed E-state index contributed by atoms with van der Waals surface area (Å²) in [6.07, 6.45) is -0.534. The third-order valence-corrected chi connectivity index (χ3v) is 1.74. The lowest BCUT2D eigenvalue weighted by Gasteiger charge is -2.07. The number of phenolic OH excluding ortho intramolecular Hbond substituents is 1. The molecule has 0 fully saturated rings. The number of rotatable bonds is 4. The molecule has 5 nitrogen and oxygen atoms in total. The molecule has 0 saturated heterocycles. The molecule has 0 spiro atoms. The smallest absolute Gasteiger partial charge is 0.421 e. The Hall–Kier alpha value is -1.75. The van der Waals surface area contributed by atoms with Gasteiger partial charge in [0.05, 0.1) is 6.61 Å². The minimum Gasteiger partial charge on any atom is -0.508 e. The zero-order valence-corrected chi connectivity index (χ0v) is 8.49. The van der Waals surface area contributed by atoms with E-state index in [0.717, 1.165) is 0 Å². The zero-order valence-electron chi connectivity index (χ0n) is 8.49. The molecule has 0 bridgehead atoms. The maximum absolute atomic E-state index is 10.9. The van der Waals surface area contributed by atoms with Gasteiger partial charge in [0.15, 0.2) is 0 Å².